The Morgan fingerprint density at radius 2 is 2.24 bits per heavy atom. The van der Waals surface area contributed by atoms with Crippen LogP contribution in [0.15, 0.2) is 36.8 Å². The third-order valence-corrected chi connectivity index (χ3v) is 2.79. The average molecular weight is 230 g/mol. The van der Waals surface area contributed by atoms with Crippen LogP contribution in [0.3, 0.4) is 0 Å². The molecule has 0 aliphatic heterocycles. The standard InChI is InChI=1S/C13H18N4/c1-3-9-17-12(6-8-16-17)13(14-2)11-5-4-7-15-10-11/h4-8,10,13-14H,3,9H2,1-2H3. The smallest absolute Gasteiger partial charge is 0.0760 e. The lowest BCUT2D eigenvalue weighted by atomic mass is 10.1. The Morgan fingerprint density at radius 3 is 2.88 bits per heavy atom. The molecule has 2 aromatic rings. The highest BCUT2D eigenvalue weighted by Gasteiger charge is 2.15. The van der Waals surface area contributed by atoms with E-state index in [9.17, 15) is 0 Å². The number of hydrogen-bond donors (Lipinski definition) is 1. The first-order chi connectivity index (χ1) is 8.36. The van der Waals surface area contributed by atoms with E-state index < -0.39 is 0 Å². The highest BCUT2D eigenvalue weighted by Crippen LogP contribution is 2.20. The summed E-state index contributed by atoms with van der Waals surface area (Å²) in [5, 5.41) is 7.68. The molecule has 1 N–H and O–H groups in total. The Balaban J connectivity index is 2.32. The number of hydrogen-bond acceptors (Lipinski definition) is 3. The predicted molar refractivity (Wildman–Crippen MR) is 67.7 cm³/mol. The minimum atomic E-state index is 0.151. The summed E-state index contributed by atoms with van der Waals surface area (Å²) in [7, 11) is 1.96. The summed E-state index contributed by atoms with van der Waals surface area (Å²) in [6, 6.07) is 6.25. The summed E-state index contributed by atoms with van der Waals surface area (Å²) in [5.74, 6) is 0. The van der Waals surface area contributed by atoms with Crippen LogP contribution in [-0.2, 0) is 6.54 Å². The van der Waals surface area contributed by atoms with Crippen LogP contribution < -0.4 is 5.32 Å². The first-order valence-corrected chi connectivity index (χ1v) is 5.95. The number of aromatic nitrogens is 3. The number of pyridine rings is 1. The molecule has 4 nitrogen and oxygen atoms in total. The van der Waals surface area contributed by atoms with Crippen molar-refractivity contribution in [2.45, 2.75) is 25.9 Å². The van der Waals surface area contributed by atoms with Crippen molar-refractivity contribution in [2.24, 2.45) is 0 Å². The molecular weight excluding hydrogens is 212 g/mol. The van der Waals surface area contributed by atoms with Gasteiger partial charge in [0.1, 0.15) is 0 Å². The molecular formula is C13H18N4. The van der Waals surface area contributed by atoms with Crippen LogP contribution in [-0.4, -0.2) is 21.8 Å². The molecule has 90 valence electrons. The van der Waals surface area contributed by atoms with E-state index in [1.807, 2.05) is 30.2 Å². The Hall–Kier alpha value is -1.68. The van der Waals surface area contributed by atoms with E-state index in [1.165, 1.54) is 5.69 Å². The normalized spacial score (nSPS) is 12.6. The minimum Gasteiger partial charge on any atom is -0.308 e. The zero-order chi connectivity index (χ0) is 12.1. The number of rotatable bonds is 5. The lowest BCUT2D eigenvalue weighted by Crippen LogP contribution is -2.21. The van der Waals surface area contributed by atoms with Gasteiger partial charge in [-0.1, -0.05) is 13.0 Å². The summed E-state index contributed by atoms with van der Waals surface area (Å²) in [6.45, 7) is 3.10. The maximum absolute atomic E-state index is 4.36. The van der Waals surface area contributed by atoms with Crippen LogP contribution in [0.1, 0.15) is 30.6 Å². The Morgan fingerprint density at radius 1 is 1.35 bits per heavy atom. The second-order valence-electron chi connectivity index (χ2n) is 3.99. The van der Waals surface area contributed by atoms with E-state index in [1.54, 1.807) is 6.20 Å². The van der Waals surface area contributed by atoms with E-state index in [0.717, 1.165) is 18.5 Å². The third-order valence-electron chi connectivity index (χ3n) is 2.79. The van der Waals surface area contributed by atoms with E-state index in [2.05, 4.69) is 34.5 Å². The van der Waals surface area contributed by atoms with E-state index in [0.29, 0.717) is 0 Å². The fourth-order valence-corrected chi connectivity index (χ4v) is 2.02. The van der Waals surface area contributed by atoms with Crippen LogP contribution in [0, 0.1) is 0 Å². The lowest BCUT2D eigenvalue weighted by molar-refractivity contribution is 0.534. The summed E-state index contributed by atoms with van der Waals surface area (Å²) in [4.78, 5) is 4.17. The largest absolute Gasteiger partial charge is 0.308 e. The van der Waals surface area contributed by atoms with Crippen molar-refractivity contribution < 1.29 is 0 Å². The number of aryl methyl sites for hydroxylation is 1. The molecule has 0 spiro atoms. The zero-order valence-corrected chi connectivity index (χ0v) is 10.3. The Labute approximate surface area is 102 Å². The average Bonchev–Trinajstić information content (AvgIpc) is 2.81. The van der Waals surface area contributed by atoms with Crippen molar-refractivity contribution in [3.05, 3.63) is 48.0 Å². The van der Waals surface area contributed by atoms with Crippen molar-refractivity contribution in [3.8, 4) is 0 Å². The quantitative estimate of drug-likeness (QED) is 0.854. The fraction of sp³-hybridized carbons (Fsp3) is 0.385. The van der Waals surface area contributed by atoms with E-state index in [4.69, 9.17) is 0 Å². The molecule has 17 heavy (non-hydrogen) atoms. The predicted octanol–water partition coefficient (Wildman–Crippen LogP) is 2.00. The molecule has 2 aromatic heterocycles. The van der Waals surface area contributed by atoms with Crippen molar-refractivity contribution in [3.63, 3.8) is 0 Å². The van der Waals surface area contributed by atoms with Gasteiger partial charge in [0.15, 0.2) is 0 Å². The molecule has 2 heterocycles. The van der Waals surface area contributed by atoms with Crippen LogP contribution >= 0.6 is 0 Å². The molecule has 0 amide bonds. The van der Waals surface area contributed by atoms with Crippen molar-refractivity contribution in [1.82, 2.24) is 20.1 Å². The number of nitrogens with zero attached hydrogens (tertiary/aromatic N) is 3. The number of nitrogens with one attached hydrogen (secondary N) is 1. The van der Waals surface area contributed by atoms with Crippen LogP contribution in [0.25, 0.3) is 0 Å². The van der Waals surface area contributed by atoms with Gasteiger partial charge in [0.05, 0.1) is 11.7 Å². The lowest BCUT2D eigenvalue weighted by Gasteiger charge is -2.17. The zero-order valence-electron chi connectivity index (χ0n) is 10.3. The first-order valence-electron chi connectivity index (χ1n) is 5.95. The van der Waals surface area contributed by atoms with Crippen LogP contribution in [0.2, 0.25) is 0 Å². The van der Waals surface area contributed by atoms with Gasteiger partial charge >= 0.3 is 0 Å². The topological polar surface area (TPSA) is 42.7 Å². The second kappa shape index (κ2) is 5.59. The van der Waals surface area contributed by atoms with Gasteiger partial charge in [0, 0.05) is 25.1 Å². The summed E-state index contributed by atoms with van der Waals surface area (Å²) in [6.07, 6.45) is 6.62. The van der Waals surface area contributed by atoms with Crippen LogP contribution in [0.4, 0.5) is 0 Å². The minimum absolute atomic E-state index is 0.151. The molecule has 4 heteroatoms. The van der Waals surface area contributed by atoms with Crippen molar-refractivity contribution >= 4 is 0 Å². The van der Waals surface area contributed by atoms with Gasteiger partial charge in [0.2, 0.25) is 0 Å². The SMILES string of the molecule is CCCn1nccc1C(NC)c1cccnc1. The summed E-state index contributed by atoms with van der Waals surface area (Å²) < 4.78 is 2.05. The molecule has 0 aromatic carbocycles. The summed E-state index contributed by atoms with van der Waals surface area (Å²) >= 11 is 0. The maximum atomic E-state index is 4.36. The molecule has 0 fully saturated rings. The van der Waals surface area contributed by atoms with Gasteiger partial charge in [-0.2, -0.15) is 5.10 Å². The highest BCUT2D eigenvalue weighted by atomic mass is 15.3. The molecule has 0 aliphatic rings. The van der Waals surface area contributed by atoms with Crippen molar-refractivity contribution in [1.29, 1.82) is 0 Å². The molecule has 0 aliphatic carbocycles. The molecule has 0 radical (unpaired) electrons. The van der Waals surface area contributed by atoms with E-state index >= 15 is 0 Å². The fourth-order valence-electron chi connectivity index (χ4n) is 2.02. The Bertz CT molecular complexity index is 449. The van der Waals surface area contributed by atoms with Gasteiger partial charge in [-0.05, 0) is 31.2 Å². The second-order valence-corrected chi connectivity index (χ2v) is 3.99. The van der Waals surface area contributed by atoms with Gasteiger partial charge in [0.25, 0.3) is 0 Å². The van der Waals surface area contributed by atoms with Gasteiger partial charge in [-0.15, -0.1) is 0 Å². The van der Waals surface area contributed by atoms with Crippen LogP contribution in [0.5, 0.6) is 0 Å². The molecule has 0 saturated heterocycles. The molecule has 1 unspecified atom stereocenters. The third kappa shape index (κ3) is 2.53. The molecule has 1 atom stereocenters. The molecule has 0 bridgehead atoms. The molecule has 0 saturated carbocycles. The van der Waals surface area contributed by atoms with Crippen molar-refractivity contribution in [2.75, 3.05) is 7.05 Å². The van der Waals surface area contributed by atoms with Gasteiger partial charge < -0.3 is 5.32 Å². The van der Waals surface area contributed by atoms with Gasteiger partial charge in [-0.25, -0.2) is 0 Å². The monoisotopic (exact) mass is 230 g/mol. The van der Waals surface area contributed by atoms with E-state index in [-0.39, 0.29) is 6.04 Å². The van der Waals surface area contributed by atoms with Gasteiger partial charge in [-0.3, -0.25) is 9.67 Å². The Kier molecular flexibility index (Phi) is 3.88. The summed E-state index contributed by atoms with van der Waals surface area (Å²) in [5.41, 5.74) is 2.34. The molecule has 2 rings (SSSR count). The highest BCUT2D eigenvalue weighted by molar-refractivity contribution is 5.24. The first kappa shape index (κ1) is 11.8. The maximum Gasteiger partial charge on any atom is 0.0760 e.